The van der Waals surface area contributed by atoms with Gasteiger partial charge >= 0.3 is 0 Å². The Morgan fingerprint density at radius 3 is 2.60 bits per heavy atom. The molecule has 20 heavy (non-hydrogen) atoms. The first-order chi connectivity index (χ1) is 9.42. The van der Waals surface area contributed by atoms with Gasteiger partial charge in [0.15, 0.2) is 0 Å². The second-order valence-electron chi connectivity index (χ2n) is 6.74. The van der Waals surface area contributed by atoms with E-state index < -0.39 is 0 Å². The molecule has 2 atom stereocenters. The highest BCUT2D eigenvalue weighted by Crippen LogP contribution is 2.28. The maximum atomic E-state index is 4.45. The van der Waals surface area contributed by atoms with Crippen LogP contribution in [0.25, 0.3) is 0 Å². The van der Waals surface area contributed by atoms with Gasteiger partial charge in [-0.1, -0.05) is 13.8 Å². The highest BCUT2D eigenvalue weighted by Gasteiger charge is 2.40. The Kier molecular flexibility index (Phi) is 4.55. The van der Waals surface area contributed by atoms with Crippen molar-refractivity contribution in [2.24, 2.45) is 7.05 Å². The molecule has 4 nitrogen and oxygen atoms in total. The maximum absolute atomic E-state index is 4.45. The molecule has 0 spiro atoms. The normalized spacial score (nSPS) is 31.6. The molecule has 0 saturated carbocycles. The van der Waals surface area contributed by atoms with Crippen LogP contribution in [0.4, 0.5) is 0 Å². The number of piperazine rings is 1. The maximum Gasteiger partial charge on any atom is 0.109 e. The van der Waals surface area contributed by atoms with E-state index in [4.69, 9.17) is 0 Å². The lowest BCUT2D eigenvalue weighted by Gasteiger charge is -2.52. The van der Waals surface area contributed by atoms with E-state index in [1.165, 1.54) is 18.7 Å². The van der Waals surface area contributed by atoms with Crippen LogP contribution in [0, 0.1) is 0 Å². The zero-order valence-corrected chi connectivity index (χ0v) is 13.7. The molecule has 114 valence electrons. The van der Waals surface area contributed by atoms with Gasteiger partial charge in [0.1, 0.15) is 5.82 Å². The van der Waals surface area contributed by atoms with Crippen molar-refractivity contribution in [3.63, 3.8) is 0 Å². The minimum atomic E-state index is 0.246. The van der Waals surface area contributed by atoms with E-state index in [9.17, 15) is 0 Å². The van der Waals surface area contributed by atoms with Gasteiger partial charge in [-0.05, 0) is 26.7 Å². The quantitative estimate of drug-likeness (QED) is 0.896. The lowest BCUT2D eigenvalue weighted by atomic mass is 9.85. The molecule has 1 aromatic heterocycles. The van der Waals surface area contributed by atoms with Crippen molar-refractivity contribution in [1.82, 2.24) is 19.8 Å². The predicted octanol–water partition coefficient (Wildman–Crippen LogP) is 2.21. The molecule has 1 aliphatic rings. The summed E-state index contributed by atoms with van der Waals surface area (Å²) in [5.74, 6) is 1.18. The number of imidazole rings is 1. The van der Waals surface area contributed by atoms with E-state index >= 15 is 0 Å². The summed E-state index contributed by atoms with van der Waals surface area (Å²) in [5, 5.41) is 3.76. The average Bonchev–Trinajstić information content (AvgIpc) is 2.86. The first-order valence-corrected chi connectivity index (χ1v) is 7.89. The first-order valence-electron chi connectivity index (χ1n) is 7.89. The molecule has 1 saturated heterocycles. The van der Waals surface area contributed by atoms with Gasteiger partial charge in [-0.2, -0.15) is 0 Å². The average molecular weight is 278 g/mol. The molecular formula is C16H30N4. The summed E-state index contributed by atoms with van der Waals surface area (Å²) < 4.78 is 2.13. The summed E-state index contributed by atoms with van der Waals surface area (Å²) in [4.78, 5) is 7.12. The summed E-state index contributed by atoms with van der Waals surface area (Å²) in [6, 6.07) is 0. The number of hydrogen-bond acceptors (Lipinski definition) is 3. The van der Waals surface area contributed by atoms with Crippen molar-refractivity contribution in [2.75, 3.05) is 19.6 Å². The Hall–Kier alpha value is -0.870. The Morgan fingerprint density at radius 1 is 1.30 bits per heavy atom. The third kappa shape index (κ3) is 3.07. The van der Waals surface area contributed by atoms with Crippen molar-refractivity contribution in [3.8, 4) is 0 Å². The number of aromatic nitrogens is 2. The molecule has 2 rings (SSSR count). The van der Waals surface area contributed by atoms with Gasteiger partial charge in [0, 0.05) is 56.6 Å². The lowest BCUT2D eigenvalue weighted by molar-refractivity contribution is 0.0175. The Morgan fingerprint density at radius 2 is 2.05 bits per heavy atom. The SMILES string of the molecule is CCC1(C)CN(CCc2nccn2C)C(C)(CC)CN1. The van der Waals surface area contributed by atoms with E-state index in [1.807, 2.05) is 12.4 Å². The van der Waals surface area contributed by atoms with Crippen molar-refractivity contribution in [1.29, 1.82) is 0 Å². The largest absolute Gasteiger partial charge is 0.338 e. The van der Waals surface area contributed by atoms with Crippen molar-refractivity contribution in [2.45, 2.75) is 58.0 Å². The lowest BCUT2D eigenvalue weighted by Crippen LogP contribution is -2.68. The van der Waals surface area contributed by atoms with Gasteiger partial charge in [0.2, 0.25) is 0 Å². The van der Waals surface area contributed by atoms with E-state index in [1.54, 1.807) is 0 Å². The van der Waals surface area contributed by atoms with Crippen LogP contribution in [-0.2, 0) is 13.5 Å². The second kappa shape index (κ2) is 5.86. The van der Waals surface area contributed by atoms with Crippen molar-refractivity contribution >= 4 is 0 Å². The van der Waals surface area contributed by atoms with Gasteiger partial charge in [-0.15, -0.1) is 0 Å². The molecule has 1 aromatic rings. The van der Waals surface area contributed by atoms with Crippen LogP contribution >= 0.6 is 0 Å². The first kappa shape index (κ1) is 15.5. The molecule has 1 N–H and O–H groups in total. The zero-order valence-electron chi connectivity index (χ0n) is 13.7. The smallest absolute Gasteiger partial charge is 0.109 e. The summed E-state index contributed by atoms with van der Waals surface area (Å²) in [5.41, 5.74) is 0.510. The summed E-state index contributed by atoms with van der Waals surface area (Å²) >= 11 is 0. The molecule has 1 aliphatic heterocycles. The van der Waals surface area contributed by atoms with E-state index in [0.717, 1.165) is 26.1 Å². The number of nitrogens with one attached hydrogen (secondary N) is 1. The zero-order chi connectivity index (χ0) is 14.8. The molecule has 2 heterocycles. The second-order valence-corrected chi connectivity index (χ2v) is 6.74. The van der Waals surface area contributed by atoms with Crippen LogP contribution in [0.3, 0.4) is 0 Å². The molecule has 0 radical (unpaired) electrons. The fraction of sp³-hybridized carbons (Fsp3) is 0.812. The van der Waals surface area contributed by atoms with Gasteiger partial charge < -0.3 is 9.88 Å². The van der Waals surface area contributed by atoms with Crippen LogP contribution in [0.1, 0.15) is 46.4 Å². The molecule has 4 heteroatoms. The number of nitrogens with zero attached hydrogens (tertiary/aromatic N) is 3. The molecular weight excluding hydrogens is 248 g/mol. The van der Waals surface area contributed by atoms with Gasteiger partial charge in [0.05, 0.1) is 0 Å². The third-order valence-electron chi connectivity index (χ3n) is 5.27. The van der Waals surface area contributed by atoms with Crippen LogP contribution < -0.4 is 5.32 Å². The van der Waals surface area contributed by atoms with Crippen LogP contribution in [-0.4, -0.2) is 45.2 Å². The Labute approximate surface area is 123 Å². The molecule has 0 aromatic carbocycles. The predicted molar refractivity (Wildman–Crippen MR) is 83.9 cm³/mol. The van der Waals surface area contributed by atoms with Gasteiger partial charge in [-0.3, -0.25) is 4.90 Å². The van der Waals surface area contributed by atoms with Crippen molar-refractivity contribution < 1.29 is 0 Å². The Bertz CT molecular complexity index is 441. The third-order valence-corrected chi connectivity index (χ3v) is 5.27. The van der Waals surface area contributed by atoms with Crippen LogP contribution in [0.15, 0.2) is 12.4 Å². The number of rotatable bonds is 5. The highest BCUT2D eigenvalue weighted by atomic mass is 15.3. The van der Waals surface area contributed by atoms with E-state index in [2.05, 4.69) is 54.5 Å². The summed E-state index contributed by atoms with van der Waals surface area (Å²) in [7, 11) is 2.08. The fourth-order valence-corrected chi connectivity index (χ4v) is 2.99. The minimum Gasteiger partial charge on any atom is -0.338 e. The van der Waals surface area contributed by atoms with Crippen molar-refractivity contribution in [3.05, 3.63) is 18.2 Å². The van der Waals surface area contributed by atoms with Crippen LogP contribution in [0.2, 0.25) is 0 Å². The summed E-state index contributed by atoms with van der Waals surface area (Å²) in [6.45, 7) is 12.6. The van der Waals surface area contributed by atoms with Crippen LogP contribution in [0.5, 0.6) is 0 Å². The fourth-order valence-electron chi connectivity index (χ4n) is 2.99. The molecule has 1 fully saturated rings. The monoisotopic (exact) mass is 278 g/mol. The molecule has 0 amide bonds. The van der Waals surface area contributed by atoms with Gasteiger partial charge in [-0.25, -0.2) is 4.98 Å². The highest BCUT2D eigenvalue weighted by molar-refractivity contribution is 5.02. The van der Waals surface area contributed by atoms with E-state index in [0.29, 0.717) is 0 Å². The molecule has 0 aliphatic carbocycles. The minimum absolute atomic E-state index is 0.246. The summed E-state index contributed by atoms with van der Waals surface area (Å²) in [6.07, 6.45) is 7.30. The number of hydrogen-bond donors (Lipinski definition) is 1. The number of aryl methyl sites for hydroxylation is 1. The molecule has 2 unspecified atom stereocenters. The Balaban J connectivity index is 2.06. The van der Waals surface area contributed by atoms with Gasteiger partial charge in [0.25, 0.3) is 0 Å². The standard InChI is InChI=1S/C16H30N4/c1-6-15(3)13-20(16(4,7-2)12-18-15)10-8-14-17-9-11-19(14)5/h9,11,18H,6-8,10,12-13H2,1-5H3. The topological polar surface area (TPSA) is 33.1 Å². The molecule has 0 bridgehead atoms. The van der Waals surface area contributed by atoms with E-state index in [-0.39, 0.29) is 11.1 Å².